The van der Waals surface area contributed by atoms with Crippen LogP contribution in [0.1, 0.15) is 20.3 Å². The van der Waals surface area contributed by atoms with Gasteiger partial charge in [0.25, 0.3) is 0 Å². The molecule has 2 unspecified atom stereocenters. The van der Waals surface area contributed by atoms with Crippen LogP contribution in [0.25, 0.3) is 0 Å². The summed E-state index contributed by atoms with van der Waals surface area (Å²) in [6.07, 6.45) is 0.653. The molecule has 1 aromatic carbocycles. The van der Waals surface area contributed by atoms with Gasteiger partial charge >= 0.3 is 0 Å². The van der Waals surface area contributed by atoms with Crippen molar-refractivity contribution in [3.63, 3.8) is 0 Å². The molecule has 2 rings (SSSR count). The quantitative estimate of drug-likeness (QED) is 0.698. The highest BCUT2D eigenvalue weighted by atomic mass is 16.5. The fourth-order valence-electron chi connectivity index (χ4n) is 2.67. The number of ether oxygens (including phenoxy) is 2. The van der Waals surface area contributed by atoms with Gasteiger partial charge in [0.05, 0.1) is 25.5 Å². The van der Waals surface area contributed by atoms with Crippen LogP contribution in [0.3, 0.4) is 0 Å². The van der Waals surface area contributed by atoms with Crippen molar-refractivity contribution < 1.29 is 19.1 Å². The largest absolute Gasteiger partial charge is 0.497 e. The number of amides is 2. The molecule has 1 saturated carbocycles. The van der Waals surface area contributed by atoms with Crippen LogP contribution in [0.5, 0.6) is 11.5 Å². The third kappa shape index (κ3) is 4.63. The summed E-state index contributed by atoms with van der Waals surface area (Å²) in [5.74, 6) is 1.21. The molecule has 1 aliphatic carbocycles. The van der Waals surface area contributed by atoms with Crippen molar-refractivity contribution in [2.45, 2.75) is 20.3 Å². The molecule has 0 radical (unpaired) electrons. The third-order valence-electron chi connectivity index (χ3n) is 4.25. The lowest BCUT2D eigenvalue weighted by atomic mass is 10.2. The molecule has 6 nitrogen and oxygen atoms in total. The average molecular weight is 334 g/mol. The number of carbonyl (C=O) groups excluding carboxylic acids is 2. The Labute approximate surface area is 143 Å². The van der Waals surface area contributed by atoms with Crippen molar-refractivity contribution >= 4 is 11.8 Å². The van der Waals surface area contributed by atoms with Crippen LogP contribution in [0, 0.1) is 11.8 Å². The second-order valence-electron chi connectivity index (χ2n) is 5.77. The minimum absolute atomic E-state index is 0.0566. The molecule has 0 aliphatic heterocycles. The Morgan fingerprint density at radius 1 is 1.12 bits per heavy atom. The number of hydrogen-bond donors (Lipinski definition) is 1. The van der Waals surface area contributed by atoms with E-state index in [0.29, 0.717) is 32.7 Å². The van der Waals surface area contributed by atoms with E-state index < -0.39 is 0 Å². The normalized spacial score (nSPS) is 18.6. The molecule has 6 heteroatoms. The van der Waals surface area contributed by atoms with E-state index in [1.54, 1.807) is 12.0 Å². The molecule has 24 heavy (non-hydrogen) atoms. The fourth-order valence-corrected chi connectivity index (χ4v) is 2.67. The molecular formula is C18H26N2O4. The Bertz CT molecular complexity index is 555. The predicted octanol–water partition coefficient (Wildman–Crippen LogP) is 1.69. The topological polar surface area (TPSA) is 67.9 Å². The van der Waals surface area contributed by atoms with Crippen LogP contribution < -0.4 is 14.8 Å². The summed E-state index contributed by atoms with van der Waals surface area (Å²) in [7, 11) is 1.61. The summed E-state index contributed by atoms with van der Waals surface area (Å²) < 4.78 is 10.6. The van der Waals surface area contributed by atoms with E-state index in [4.69, 9.17) is 9.47 Å². The number of benzene rings is 1. The minimum atomic E-state index is -0.181. The molecule has 1 aromatic rings. The van der Waals surface area contributed by atoms with E-state index in [0.717, 1.165) is 11.5 Å². The Kier molecular flexibility index (Phi) is 6.46. The molecule has 1 N–H and O–H groups in total. The molecule has 2 atom stereocenters. The van der Waals surface area contributed by atoms with Gasteiger partial charge in [0.15, 0.2) is 0 Å². The van der Waals surface area contributed by atoms with Crippen molar-refractivity contribution in [2.75, 3.05) is 33.4 Å². The lowest BCUT2D eigenvalue weighted by Gasteiger charge is -2.18. The molecular weight excluding hydrogens is 308 g/mol. The SMILES string of the molecule is CCN(CC)C(=O)C1CC1C(=O)NCCOc1ccc(OC)cc1. The maximum absolute atomic E-state index is 12.2. The van der Waals surface area contributed by atoms with Gasteiger partial charge in [-0.2, -0.15) is 0 Å². The average Bonchev–Trinajstić information content (AvgIpc) is 3.41. The van der Waals surface area contributed by atoms with Crippen molar-refractivity contribution in [2.24, 2.45) is 11.8 Å². The second kappa shape index (κ2) is 8.57. The molecule has 2 amide bonds. The maximum atomic E-state index is 12.2. The first-order valence-corrected chi connectivity index (χ1v) is 8.44. The Morgan fingerprint density at radius 3 is 2.33 bits per heavy atom. The van der Waals surface area contributed by atoms with E-state index in [1.165, 1.54) is 0 Å². The van der Waals surface area contributed by atoms with Crippen LogP contribution >= 0.6 is 0 Å². The summed E-state index contributed by atoms with van der Waals surface area (Å²) in [5.41, 5.74) is 0. The first-order valence-electron chi connectivity index (χ1n) is 8.44. The number of hydrogen-bond acceptors (Lipinski definition) is 4. The second-order valence-corrected chi connectivity index (χ2v) is 5.77. The summed E-state index contributed by atoms with van der Waals surface area (Å²) in [5, 5.41) is 2.84. The first-order chi connectivity index (χ1) is 11.6. The van der Waals surface area contributed by atoms with E-state index in [2.05, 4.69) is 5.32 Å². The molecule has 0 heterocycles. The third-order valence-corrected chi connectivity index (χ3v) is 4.25. The summed E-state index contributed by atoms with van der Waals surface area (Å²) in [6.45, 7) is 6.10. The van der Waals surface area contributed by atoms with Gasteiger partial charge in [0, 0.05) is 13.1 Å². The van der Waals surface area contributed by atoms with Crippen LogP contribution in [0.2, 0.25) is 0 Å². The molecule has 0 spiro atoms. The molecule has 0 aromatic heterocycles. The Morgan fingerprint density at radius 2 is 1.75 bits per heavy atom. The standard InChI is InChI=1S/C18H26N2O4/c1-4-20(5-2)18(22)16-12-15(16)17(21)19-10-11-24-14-8-6-13(23-3)7-9-14/h6-9,15-16H,4-5,10-12H2,1-3H3,(H,19,21). The Hall–Kier alpha value is -2.24. The zero-order chi connectivity index (χ0) is 17.5. The number of nitrogens with one attached hydrogen (secondary N) is 1. The van der Waals surface area contributed by atoms with Crippen LogP contribution in [0.4, 0.5) is 0 Å². The summed E-state index contributed by atoms with van der Waals surface area (Å²) in [6, 6.07) is 7.28. The van der Waals surface area contributed by atoms with E-state index in [9.17, 15) is 9.59 Å². The van der Waals surface area contributed by atoms with Crippen molar-refractivity contribution in [1.29, 1.82) is 0 Å². The highest BCUT2D eigenvalue weighted by Gasteiger charge is 2.48. The van der Waals surface area contributed by atoms with Gasteiger partial charge in [0.2, 0.25) is 11.8 Å². The molecule has 1 aliphatic rings. The summed E-state index contributed by atoms with van der Waals surface area (Å²) in [4.78, 5) is 26.0. The van der Waals surface area contributed by atoms with Gasteiger partial charge in [-0.05, 0) is 44.5 Å². The molecule has 1 fully saturated rings. The number of methoxy groups -OCH3 is 1. The number of carbonyl (C=O) groups is 2. The highest BCUT2D eigenvalue weighted by molar-refractivity contribution is 5.92. The predicted molar refractivity (Wildman–Crippen MR) is 91.0 cm³/mol. The van der Waals surface area contributed by atoms with Gasteiger partial charge < -0.3 is 19.7 Å². The van der Waals surface area contributed by atoms with Gasteiger partial charge in [-0.15, -0.1) is 0 Å². The lowest BCUT2D eigenvalue weighted by molar-refractivity contribution is -0.134. The molecule has 0 bridgehead atoms. The smallest absolute Gasteiger partial charge is 0.226 e. The van der Waals surface area contributed by atoms with Crippen molar-refractivity contribution in [3.05, 3.63) is 24.3 Å². The van der Waals surface area contributed by atoms with Gasteiger partial charge in [0.1, 0.15) is 18.1 Å². The van der Waals surface area contributed by atoms with Crippen LogP contribution in [0.15, 0.2) is 24.3 Å². The Balaban J connectivity index is 1.66. The first kappa shape index (κ1) is 18.1. The van der Waals surface area contributed by atoms with E-state index in [1.807, 2.05) is 38.1 Å². The highest BCUT2D eigenvalue weighted by Crippen LogP contribution is 2.40. The minimum Gasteiger partial charge on any atom is -0.497 e. The van der Waals surface area contributed by atoms with E-state index in [-0.39, 0.29) is 23.7 Å². The zero-order valence-corrected chi connectivity index (χ0v) is 14.6. The van der Waals surface area contributed by atoms with E-state index >= 15 is 0 Å². The van der Waals surface area contributed by atoms with Crippen LogP contribution in [-0.4, -0.2) is 50.1 Å². The number of rotatable bonds is 9. The molecule has 132 valence electrons. The monoisotopic (exact) mass is 334 g/mol. The van der Waals surface area contributed by atoms with Gasteiger partial charge in [-0.25, -0.2) is 0 Å². The maximum Gasteiger partial charge on any atom is 0.226 e. The molecule has 0 saturated heterocycles. The van der Waals surface area contributed by atoms with Crippen LogP contribution in [-0.2, 0) is 9.59 Å². The van der Waals surface area contributed by atoms with Crippen molar-refractivity contribution in [3.8, 4) is 11.5 Å². The number of nitrogens with zero attached hydrogens (tertiary/aromatic N) is 1. The summed E-state index contributed by atoms with van der Waals surface area (Å²) >= 11 is 0. The zero-order valence-electron chi connectivity index (χ0n) is 14.6. The lowest BCUT2D eigenvalue weighted by Crippen LogP contribution is -2.35. The fraction of sp³-hybridized carbons (Fsp3) is 0.556. The van der Waals surface area contributed by atoms with Gasteiger partial charge in [-0.1, -0.05) is 0 Å². The van der Waals surface area contributed by atoms with Gasteiger partial charge in [-0.3, -0.25) is 9.59 Å². The van der Waals surface area contributed by atoms with Crippen molar-refractivity contribution in [1.82, 2.24) is 10.2 Å².